The van der Waals surface area contributed by atoms with Crippen LogP contribution in [0.4, 0.5) is 0 Å². The molecule has 108 valence electrons. The molecule has 1 heterocycles. The second-order valence-corrected chi connectivity index (χ2v) is 8.87. The van der Waals surface area contributed by atoms with Crippen molar-refractivity contribution in [3.05, 3.63) is 45.7 Å². The van der Waals surface area contributed by atoms with E-state index in [1.807, 2.05) is 24.3 Å². The summed E-state index contributed by atoms with van der Waals surface area (Å²) in [6, 6.07) is 10.7. The molecule has 20 heavy (non-hydrogen) atoms. The third-order valence-electron chi connectivity index (χ3n) is 2.80. The molecular weight excluding hydrogens is 362 g/mol. The average molecular weight is 376 g/mol. The van der Waals surface area contributed by atoms with Gasteiger partial charge in [-0.15, -0.1) is 11.3 Å². The van der Waals surface area contributed by atoms with Gasteiger partial charge >= 0.3 is 0 Å². The predicted octanol–water partition coefficient (Wildman–Crippen LogP) is 3.34. The monoisotopic (exact) mass is 375 g/mol. The third-order valence-corrected chi connectivity index (χ3v) is 6.69. The van der Waals surface area contributed by atoms with Crippen molar-refractivity contribution in [2.75, 3.05) is 14.2 Å². The SMILES string of the molecule is COc1ccccc1CN(C)S(=O)(=O)c1ccc(Br)s1. The fraction of sp³-hybridized carbons (Fsp3) is 0.231. The van der Waals surface area contributed by atoms with Crippen molar-refractivity contribution in [2.45, 2.75) is 10.8 Å². The Morgan fingerprint density at radius 2 is 1.95 bits per heavy atom. The van der Waals surface area contributed by atoms with Gasteiger partial charge in [-0.3, -0.25) is 0 Å². The lowest BCUT2D eigenvalue weighted by Gasteiger charge is -2.17. The van der Waals surface area contributed by atoms with Crippen LogP contribution in [-0.2, 0) is 16.6 Å². The summed E-state index contributed by atoms with van der Waals surface area (Å²) in [6.07, 6.45) is 0. The van der Waals surface area contributed by atoms with Crippen molar-refractivity contribution < 1.29 is 13.2 Å². The van der Waals surface area contributed by atoms with Crippen molar-refractivity contribution in [1.82, 2.24) is 4.31 Å². The molecule has 0 aliphatic rings. The summed E-state index contributed by atoms with van der Waals surface area (Å²) in [7, 11) is -0.337. The Bertz CT molecular complexity index is 697. The largest absolute Gasteiger partial charge is 0.496 e. The van der Waals surface area contributed by atoms with Gasteiger partial charge in [0, 0.05) is 19.2 Å². The molecule has 0 atom stereocenters. The molecule has 0 unspecified atom stereocenters. The van der Waals surface area contributed by atoms with Gasteiger partial charge in [-0.25, -0.2) is 8.42 Å². The van der Waals surface area contributed by atoms with Crippen LogP contribution in [0, 0.1) is 0 Å². The first kappa shape index (κ1) is 15.5. The predicted molar refractivity (Wildman–Crippen MR) is 83.7 cm³/mol. The number of hydrogen-bond acceptors (Lipinski definition) is 4. The van der Waals surface area contributed by atoms with Gasteiger partial charge in [-0.1, -0.05) is 18.2 Å². The van der Waals surface area contributed by atoms with Crippen LogP contribution in [0.15, 0.2) is 44.4 Å². The van der Waals surface area contributed by atoms with E-state index in [1.54, 1.807) is 26.3 Å². The van der Waals surface area contributed by atoms with Crippen LogP contribution in [0.3, 0.4) is 0 Å². The number of rotatable bonds is 5. The minimum atomic E-state index is -3.48. The van der Waals surface area contributed by atoms with Gasteiger partial charge < -0.3 is 4.74 Å². The normalized spacial score (nSPS) is 11.8. The van der Waals surface area contributed by atoms with Crippen LogP contribution < -0.4 is 4.74 Å². The highest BCUT2D eigenvalue weighted by atomic mass is 79.9. The van der Waals surface area contributed by atoms with E-state index >= 15 is 0 Å². The smallest absolute Gasteiger partial charge is 0.252 e. The summed E-state index contributed by atoms with van der Waals surface area (Å²) < 4.78 is 32.5. The summed E-state index contributed by atoms with van der Waals surface area (Å²) in [4.78, 5) is 0. The molecule has 1 aromatic heterocycles. The lowest BCUT2D eigenvalue weighted by molar-refractivity contribution is 0.398. The highest BCUT2D eigenvalue weighted by Gasteiger charge is 2.23. The van der Waals surface area contributed by atoms with Crippen LogP contribution in [0.1, 0.15) is 5.56 Å². The molecule has 0 saturated carbocycles. The maximum absolute atomic E-state index is 12.4. The zero-order chi connectivity index (χ0) is 14.8. The molecule has 0 bridgehead atoms. The van der Waals surface area contributed by atoms with Crippen LogP contribution in [-0.4, -0.2) is 26.9 Å². The number of thiophene rings is 1. The molecule has 0 spiro atoms. The zero-order valence-electron chi connectivity index (χ0n) is 11.0. The van der Waals surface area contributed by atoms with Crippen LogP contribution in [0.2, 0.25) is 0 Å². The molecule has 2 rings (SSSR count). The minimum Gasteiger partial charge on any atom is -0.496 e. The van der Waals surface area contributed by atoms with E-state index in [0.29, 0.717) is 9.96 Å². The zero-order valence-corrected chi connectivity index (χ0v) is 14.3. The number of ether oxygens (including phenoxy) is 1. The number of para-hydroxylation sites is 1. The molecule has 7 heteroatoms. The maximum Gasteiger partial charge on any atom is 0.252 e. The number of sulfonamides is 1. The molecular formula is C13H14BrNO3S2. The van der Waals surface area contributed by atoms with Gasteiger partial charge in [0.2, 0.25) is 0 Å². The summed E-state index contributed by atoms with van der Waals surface area (Å²) in [5.74, 6) is 0.682. The first-order valence-electron chi connectivity index (χ1n) is 5.78. The first-order valence-corrected chi connectivity index (χ1v) is 8.83. The Kier molecular flexibility index (Phi) is 4.85. The van der Waals surface area contributed by atoms with Crippen molar-refractivity contribution in [3.8, 4) is 5.75 Å². The van der Waals surface area contributed by atoms with Gasteiger partial charge in [0.25, 0.3) is 10.0 Å². The van der Waals surface area contributed by atoms with E-state index in [-0.39, 0.29) is 6.54 Å². The second-order valence-electron chi connectivity index (χ2n) is 4.13. The highest BCUT2D eigenvalue weighted by molar-refractivity contribution is 9.11. The minimum absolute atomic E-state index is 0.266. The molecule has 2 aromatic rings. The Hall–Kier alpha value is -0.890. The van der Waals surface area contributed by atoms with Gasteiger partial charge in [0.1, 0.15) is 9.96 Å². The number of methoxy groups -OCH3 is 1. The highest BCUT2D eigenvalue weighted by Crippen LogP contribution is 2.29. The molecule has 0 N–H and O–H groups in total. The van der Waals surface area contributed by atoms with Crippen molar-refractivity contribution in [3.63, 3.8) is 0 Å². The maximum atomic E-state index is 12.4. The Balaban J connectivity index is 2.25. The van der Waals surface area contributed by atoms with Gasteiger partial charge in [0.05, 0.1) is 10.9 Å². The lowest BCUT2D eigenvalue weighted by Crippen LogP contribution is -2.26. The van der Waals surface area contributed by atoms with Crippen LogP contribution in [0.5, 0.6) is 5.75 Å². The lowest BCUT2D eigenvalue weighted by atomic mass is 10.2. The molecule has 1 aromatic carbocycles. The van der Waals surface area contributed by atoms with Crippen molar-refractivity contribution >= 4 is 37.3 Å². The van der Waals surface area contributed by atoms with E-state index in [2.05, 4.69) is 15.9 Å². The van der Waals surface area contributed by atoms with E-state index < -0.39 is 10.0 Å². The van der Waals surface area contributed by atoms with Gasteiger partial charge in [0.15, 0.2) is 0 Å². The van der Waals surface area contributed by atoms with E-state index in [0.717, 1.165) is 9.35 Å². The van der Waals surface area contributed by atoms with E-state index in [4.69, 9.17) is 4.74 Å². The molecule has 0 radical (unpaired) electrons. The summed E-state index contributed by atoms with van der Waals surface area (Å²) in [5.41, 5.74) is 0.830. The standard InChI is InChI=1S/C13H14BrNO3S2/c1-15(9-10-5-3-4-6-11(10)18-2)20(16,17)13-8-7-12(14)19-13/h3-8H,9H2,1-2H3. The fourth-order valence-electron chi connectivity index (χ4n) is 1.75. The molecule has 4 nitrogen and oxygen atoms in total. The Morgan fingerprint density at radius 3 is 2.55 bits per heavy atom. The molecule has 0 fully saturated rings. The number of hydrogen-bond donors (Lipinski definition) is 0. The quantitative estimate of drug-likeness (QED) is 0.804. The summed E-state index contributed by atoms with van der Waals surface area (Å²) in [5, 5.41) is 0. The average Bonchev–Trinajstić information content (AvgIpc) is 2.86. The first-order chi connectivity index (χ1) is 9.45. The molecule has 0 amide bonds. The van der Waals surface area contributed by atoms with Gasteiger partial charge in [-0.05, 0) is 34.1 Å². The summed E-state index contributed by atoms with van der Waals surface area (Å²) >= 11 is 4.48. The molecule has 0 aliphatic heterocycles. The third kappa shape index (κ3) is 3.22. The molecule has 0 saturated heterocycles. The number of benzene rings is 1. The topological polar surface area (TPSA) is 46.6 Å². The Morgan fingerprint density at radius 1 is 1.25 bits per heavy atom. The number of nitrogens with zero attached hydrogens (tertiary/aromatic N) is 1. The van der Waals surface area contributed by atoms with Crippen LogP contribution in [0.25, 0.3) is 0 Å². The number of halogens is 1. The fourth-order valence-corrected chi connectivity index (χ4v) is 5.12. The summed E-state index contributed by atoms with van der Waals surface area (Å²) in [6.45, 7) is 0.266. The Labute approximate surface area is 131 Å². The molecule has 0 aliphatic carbocycles. The second kappa shape index (κ2) is 6.26. The van der Waals surface area contributed by atoms with Crippen molar-refractivity contribution in [1.29, 1.82) is 0 Å². The van der Waals surface area contributed by atoms with E-state index in [9.17, 15) is 8.42 Å². The van der Waals surface area contributed by atoms with Gasteiger partial charge in [-0.2, -0.15) is 4.31 Å². The van der Waals surface area contributed by atoms with Crippen LogP contribution >= 0.6 is 27.3 Å². The van der Waals surface area contributed by atoms with E-state index in [1.165, 1.54) is 15.6 Å². The van der Waals surface area contributed by atoms with Crippen molar-refractivity contribution in [2.24, 2.45) is 0 Å².